The minimum absolute atomic E-state index is 0.520. The van der Waals surface area contributed by atoms with Crippen LogP contribution in [0.25, 0.3) is 0 Å². The summed E-state index contributed by atoms with van der Waals surface area (Å²) in [6.07, 6.45) is 3.01. The SMILES string of the molecule is CCNC(C)C(Cc1cn(C)nn1)C(C)C. The van der Waals surface area contributed by atoms with Crippen LogP contribution in [0.5, 0.6) is 0 Å². The molecule has 4 nitrogen and oxygen atoms in total. The molecule has 0 aliphatic rings. The molecule has 0 fully saturated rings. The first-order chi connectivity index (χ1) is 7.54. The molecule has 0 aromatic carbocycles. The fourth-order valence-electron chi connectivity index (χ4n) is 2.19. The lowest BCUT2D eigenvalue weighted by Crippen LogP contribution is -2.37. The molecule has 2 unspecified atom stereocenters. The summed E-state index contributed by atoms with van der Waals surface area (Å²) in [5, 5.41) is 11.6. The number of aryl methyl sites for hydroxylation is 1. The number of rotatable bonds is 6. The zero-order valence-corrected chi connectivity index (χ0v) is 11.1. The van der Waals surface area contributed by atoms with Crippen LogP contribution in [0.1, 0.15) is 33.4 Å². The van der Waals surface area contributed by atoms with Crippen LogP contribution in [0.15, 0.2) is 6.20 Å². The van der Waals surface area contributed by atoms with Crippen LogP contribution < -0.4 is 5.32 Å². The smallest absolute Gasteiger partial charge is 0.0830 e. The zero-order valence-electron chi connectivity index (χ0n) is 11.1. The highest BCUT2D eigenvalue weighted by Crippen LogP contribution is 2.19. The fraction of sp³-hybridized carbons (Fsp3) is 0.833. The van der Waals surface area contributed by atoms with Gasteiger partial charge in [-0.2, -0.15) is 0 Å². The van der Waals surface area contributed by atoms with Crippen LogP contribution in [0, 0.1) is 11.8 Å². The van der Waals surface area contributed by atoms with Crippen LogP contribution in [0.3, 0.4) is 0 Å². The van der Waals surface area contributed by atoms with E-state index in [4.69, 9.17) is 0 Å². The Morgan fingerprint density at radius 1 is 1.38 bits per heavy atom. The van der Waals surface area contributed by atoms with E-state index >= 15 is 0 Å². The molecule has 0 bridgehead atoms. The van der Waals surface area contributed by atoms with E-state index in [9.17, 15) is 0 Å². The van der Waals surface area contributed by atoms with Gasteiger partial charge in [0.15, 0.2) is 0 Å². The van der Waals surface area contributed by atoms with Crippen molar-refractivity contribution in [2.75, 3.05) is 6.54 Å². The first-order valence-electron chi connectivity index (χ1n) is 6.13. The topological polar surface area (TPSA) is 42.7 Å². The highest BCUT2D eigenvalue weighted by Gasteiger charge is 2.21. The summed E-state index contributed by atoms with van der Waals surface area (Å²) in [6, 6.07) is 0.520. The van der Waals surface area contributed by atoms with Crippen molar-refractivity contribution in [1.29, 1.82) is 0 Å². The maximum atomic E-state index is 4.17. The monoisotopic (exact) mass is 224 g/mol. The Bertz CT molecular complexity index is 306. The molecule has 4 heteroatoms. The predicted octanol–water partition coefficient (Wildman–Crippen LogP) is 1.63. The first kappa shape index (κ1) is 13.2. The molecule has 1 N–H and O–H groups in total. The molecule has 0 saturated carbocycles. The second-order valence-electron chi connectivity index (χ2n) is 4.84. The average molecular weight is 224 g/mol. The Morgan fingerprint density at radius 3 is 2.50 bits per heavy atom. The summed E-state index contributed by atoms with van der Waals surface area (Å²) in [7, 11) is 1.91. The van der Waals surface area contributed by atoms with Gasteiger partial charge in [0.25, 0.3) is 0 Å². The summed E-state index contributed by atoms with van der Waals surface area (Å²) in [6.45, 7) is 9.97. The van der Waals surface area contributed by atoms with E-state index in [0.29, 0.717) is 17.9 Å². The maximum Gasteiger partial charge on any atom is 0.0830 e. The van der Waals surface area contributed by atoms with Crippen molar-refractivity contribution in [3.8, 4) is 0 Å². The van der Waals surface area contributed by atoms with Gasteiger partial charge in [-0.25, -0.2) is 0 Å². The molecule has 1 heterocycles. The Morgan fingerprint density at radius 2 is 2.06 bits per heavy atom. The third-order valence-electron chi connectivity index (χ3n) is 3.12. The van der Waals surface area contributed by atoms with Crippen molar-refractivity contribution in [2.45, 2.75) is 40.2 Å². The molecule has 16 heavy (non-hydrogen) atoms. The Kier molecular flexibility index (Phi) is 4.93. The van der Waals surface area contributed by atoms with Gasteiger partial charge in [0.2, 0.25) is 0 Å². The minimum Gasteiger partial charge on any atom is -0.314 e. The molecule has 1 aromatic rings. The van der Waals surface area contributed by atoms with E-state index in [0.717, 1.165) is 18.7 Å². The summed E-state index contributed by atoms with van der Waals surface area (Å²) in [5.74, 6) is 1.26. The lowest BCUT2D eigenvalue weighted by Gasteiger charge is -2.27. The van der Waals surface area contributed by atoms with Crippen LogP contribution in [0.2, 0.25) is 0 Å². The van der Waals surface area contributed by atoms with Crippen molar-refractivity contribution >= 4 is 0 Å². The quantitative estimate of drug-likeness (QED) is 0.798. The second kappa shape index (κ2) is 5.99. The van der Waals surface area contributed by atoms with Crippen LogP contribution in [0.4, 0.5) is 0 Å². The molecule has 1 rings (SSSR count). The van der Waals surface area contributed by atoms with Crippen molar-refractivity contribution in [2.24, 2.45) is 18.9 Å². The number of nitrogens with one attached hydrogen (secondary N) is 1. The summed E-state index contributed by atoms with van der Waals surface area (Å²) < 4.78 is 1.77. The molecule has 2 atom stereocenters. The molecule has 0 aliphatic carbocycles. The van der Waals surface area contributed by atoms with Crippen LogP contribution in [-0.4, -0.2) is 27.6 Å². The van der Waals surface area contributed by atoms with Gasteiger partial charge in [0.1, 0.15) is 0 Å². The van der Waals surface area contributed by atoms with E-state index in [1.165, 1.54) is 0 Å². The normalized spacial score (nSPS) is 15.4. The Balaban J connectivity index is 2.64. The molecule has 1 aromatic heterocycles. The summed E-state index contributed by atoms with van der Waals surface area (Å²) in [4.78, 5) is 0. The highest BCUT2D eigenvalue weighted by atomic mass is 15.4. The van der Waals surface area contributed by atoms with Crippen molar-refractivity contribution in [3.63, 3.8) is 0 Å². The third kappa shape index (κ3) is 3.59. The molecule has 0 amide bonds. The van der Waals surface area contributed by atoms with Gasteiger partial charge in [-0.3, -0.25) is 4.68 Å². The molecule has 0 saturated heterocycles. The number of hydrogen-bond donors (Lipinski definition) is 1. The molecule has 0 radical (unpaired) electrons. The Hall–Kier alpha value is -0.900. The van der Waals surface area contributed by atoms with Crippen molar-refractivity contribution < 1.29 is 0 Å². The standard InChI is InChI=1S/C12H24N4/c1-6-13-10(4)12(9(2)3)7-11-8-16(5)15-14-11/h8-10,12-13H,6-7H2,1-5H3. The number of aromatic nitrogens is 3. The van der Waals surface area contributed by atoms with Gasteiger partial charge in [0.05, 0.1) is 5.69 Å². The zero-order chi connectivity index (χ0) is 12.1. The lowest BCUT2D eigenvalue weighted by atomic mass is 9.85. The van der Waals surface area contributed by atoms with Gasteiger partial charge in [-0.15, -0.1) is 5.10 Å². The van der Waals surface area contributed by atoms with Gasteiger partial charge < -0.3 is 5.32 Å². The van der Waals surface area contributed by atoms with Gasteiger partial charge in [-0.1, -0.05) is 26.0 Å². The second-order valence-corrected chi connectivity index (χ2v) is 4.84. The fourth-order valence-corrected chi connectivity index (χ4v) is 2.19. The van der Waals surface area contributed by atoms with Crippen LogP contribution in [-0.2, 0) is 13.5 Å². The lowest BCUT2D eigenvalue weighted by molar-refractivity contribution is 0.290. The third-order valence-corrected chi connectivity index (χ3v) is 3.12. The van der Waals surface area contributed by atoms with E-state index in [2.05, 4.69) is 43.3 Å². The molecular formula is C12H24N4. The van der Waals surface area contributed by atoms with Crippen molar-refractivity contribution in [1.82, 2.24) is 20.3 Å². The van der Waals surface area contributed by atoms with E-state index < -0.39 is 0 Å². The van der Waals surface area contributed by atoms with Gasteiger partial charge in [0, 0.05) is 19.3 Å². The molecule has 0 spiro atoms. The molecular weight excluding hydrogens is 200 g/mol. The van der Waals surface area contributed by atoms with E-state index in [1.54, 1.807) is 4.68 Å². The predicted molar refractivity (Wildman–Crippen MR) is 66.2 cm³/mol. The van der Waals surface area contributed by atoms with Crippen molar-refractivity contribution in [3.05, 3.63) is 11.9 Å². The average Bonchev–Trinajstić information content (AvgIpc) is 2.60. The minimum atomic E-state index is 0.520. The maximum absolute atomic E-state index is 4.17. The van der Waals surface area contributed by atoms with Gasteiger partial charge in [-0.05, 0) is 31.7 Å². The van der Waals surface area contributed by atoms with Crippen LogP contribution >= 0.6 is 0 Å². The van der Waals surface area contributed by atoms with E-state index in [-0.39, 0.29) is 0 Å². The van der Waals surface area contributed by atoms with E-state index in [1.807, 2.05) is 13.2 Å². The summed E-state index contributed by atoms with van der Waals surface area (Å²) >= 11 is 0. The van der Waals surface area contributed by atoms with Gasteiger partial charge >= 0.3 is 0 Å². The largest absolute Gasteiger partial charge is 0.314 e. The highest BCUT2D eigenvalue weighted by molar-refractivity contribution is 4.96. The number of nitrogens with zero attached hydrogens (tertiary/aromatic N) is 3. The number of hydrogen-bond acceptors (Lipinski definition) is 3. The summed E-state index contributed by atoms with van der Waals surface area (Å²) in [5.41, 5.74) is 1.09. The first-order valence-corrected chi connectivity index (χ1v) is 6.13. The Labute approximate surface area is 98.4 Å². The molecule has 92 valence electrons. The molecule has 0 aliphatic heterocycles.